The Kier molecular flexibility index (Phi) is 3.66. The summed E-state index contributed by atoms with van der Waals surface area (Å²) in [7, 11) is 0. The van der Waals surface area contributed by atoms with Crippen molar-refractivity contribution in [3.8, 4) is 0 Å². The predicted molar refractivity (Wildman–Crippen MR) is 74.2 cm³/mol. The number of aromatic amines is 1. The molecule has 1 heterocycles. The first-order chi connectivity index (χ1) is 9.40. The molecule has 0 bridgehead atoms. The van der Waals surface area contributed by atoms with E-state index >= 15 is 0 Å². The molecule has 0 saturated heterocycles. The van der Waals surface area contributed by atoms with Gasteiger partial charge in [-0.3, -0.25) is 20.0 Å². The van der Waals surface area contributed by atoms with Crippen molar-refractivity contribution in [2.45, 2.75) is 19.9 Å². The zero-order valence-corrected chi connectivity index (χ0v) is 11.1. The molecule has 20 heavy (non-hydrogen) atoms. The molecular weight excluding hydrogens is 262 g/mol. The van der Waals surface area contributed by atoms with Gasteiger partial charge in [-0.1, -0.05) is 13.8 Å². The lowest BCUT2D eigenvalue weighted by molar-refractivity contribution is -0.384. The number of hydrogen-bond donors (Lipinski definition) is 3. The smallest absolute Gasteiger partial charge is 0.270 e. The highest BCUT2D eigenvalue weighted by molar-refractivity contribution is 6.02. The van der Waals surface area contributed by atoms with Crippen LogP contribution in [0.15, 0.2) is 18.2 Å². The number of nitrogens with two attached hydrogens (primary N) is 1. The van der Waals surface area contributed by atoms with E-state index in [-0.39, 0.29) is 23.3 Å². The molecule has 4 N–H and O–H groups in total. The summed E-state index contributed by atoms with van der Waals surface area (Å²) in [6, 6.07) is 3.60. The van der Waals surface area contributed by atoms with E-state index in [0.717, 1.165) is 0 Å². The van der Waals surface area contributed by atoms with Gasteiger partial charge in [0.25, 0.3) is 5.69 Å². The lowest BCUT2D eigenvalue weighted by Gasteiger charge is -2.14. The molecule has 1 aromatic heterocycles. The molecule has 0 aliphatic carbocycles. The lowest BCUT2D eigenvalue weighted by Crippen LogP contribution is -2.39. The molecule has 8 heteroatoms. The highest BCUT2D eigenvalue weighted by Gasteiger charge is 2.20. The fourth-order valence-corrected chi connectivity index (χ4v) is 1.71. The third-order valence-corrected chi connectivity index (χ3v) is 3.02. The minimum atomic E-state index is -0.666. The summed E-state index contributed by atoms with van der Waals surface area (Å²) < 4.78 is 0. The Morgan fingerprint density at radius 1 is 1.50 bits per heavy atom. The summed E-state index contributed by atoms with van der Waals surface area (Å²) in [4.78, 5) is 22.2. The van der Waals surface area contributed by atoms with Crippen LogP contribution in [-0.2, 0) is 4.79 Å². The molecule has 0 radical (unpaired) electrons. The van der Waals surface area contributed by atoms with E-state index in [1.807, 2.05) is 13.8 Å². The highest BCUT2D eigenvalue weighted by Crippen LogP contribution is 2.25. The van der Waals surface area contributed by atoms with Gasteiger partial charge in [0.15, 0.2) is 5.82 Å². The summed E-state index contributed by atoms with van der Waals surface area (Å²) in [5.74, 6) is -0.153. The van der Waals surface area contributed by atoms with Crippen molar-refractivity contribution < 1.29 is 9.72 Å². The second kappa shape index (κ2) is 5.25. The maximum atomic E-state index is 11.9. The number of amides is 1. The predicted octanol–water partition coefficient (Wildman–Crippen LogP) is 1.39. The minimum Gasteiger partial charge on any atom is -0.320 e. The largest absolute Gasteiger partial charge is 0.320 e. The van der Waals surface area contributed by atoms with Crippen molar-refractivity contribution in [3.05, 3.63) is 28.3 Å². The van der Waals surface area contributed by atoms with Crippen LogP contribution in [0.2, 0.25) is 0 Å². The maximum absolute atomic E-state index is 11.9. The van der Waals surface area contributed by atoms with E-state index in [1.54, 1.807) is 6.07 Å². The molecule has 0 fully saturated rings. The maximum Gasteiger partial charge on any atom is 0.270 e. The van der Waals surface area contributed by atoms with Crippen LogP contribution in [0, 0.1) is 16.0 Å². The van der Waals surface area contributed by atoms with Gasteiger partial charge in [-0.05, 0) is 12.0 Å². The quantitative estimate of drug-likeness (QED) is 0.575. The number of nitro benzene ring substituents is 1. The Bertz CT molecular complexity index is 664. The van der Waals surface area contributed by atoms with Crippen molar-refractivity contribution in [1.29, 1.82) is 0 Å². The van der Waals surface area contributed by atoms with Crippen molar-refractivity contribution in [1.82, 2.24) is 10.2 Å². The average molecular weight is 277 g/mol. The molecule has 2 aromatic rings. The fourth-order valence-electron chi connectivity index (χ4n) is 1.71. The van der Waals surface area contributed by atoms with Crippen LogP contribution in [0.4, 0.5) is 11.5 Å². The van der Waals surface area contributed by atoms with Crippen LogP contribution in [0.1, 0.15) is 13.8 Å². The van der Waals surface area contributed by atoms with Gasteiger partial charge in [-0.2, -0.15) is 5.10 Å². The van der Waals surface area contributed by atoms with Crippen molar-refractivity contribution in [2.24, 2.45) is 11.7 Å². The van der Waals surface area contributed by atoms with Crippen molar-refractivity contribution >= 4 is 28.3 Å². The monoisotopic (exact) mass is 277 g/mol. The molecule has 8 nitrogen and oxygen atoms in total. The van der Waals surface area contributed by atoms with Crippen molar-refractivity contribution in [2.75, 3.05) is 5.32 Å². The Labute approximate surface area is 114 Å². The third-order valence-electron chi connectivity index (χ3n) is 3.02. The fraction of sp³-hybridized carbons (Fsp3) is 0.333. The zero-order chi connectivity index (χ0) is 14.9. The van der Waals surface area contributed by atoms with Crippen LogP contribution in [0.25, 0.3) is 10.9 Å². The van der Waals surface area contributed by atoms with E-state index in [0.29, 0.717) is 10.9 Å². The first-order valence-corrected chi connectivity index (χ1v) is 6.09. The van der Waals surface area contributed by atoms with Crippen LogP contribution < -0.4 is 11.1 Å². The number of nitrogens with one attached hydrogen (secondary N) is 2. The van der Waals surface area contributed by atoms with Gasteiger partial charge in [-0.25, -0.2) is 0 Å². The number of non-ortho nitro benzene ring substituents is 1. The average Bonchev–Trinajstić information content (AvgIpc) is 2.80. The number of nitro groups is 1. The van der Waals surface area contributed by atoms with Gasteiger partial charge in [0.05, 0.1) is 21.9 Å². The first kappa shape index (κ1) is 13.9. The van der Waals surface area contributed by atoms with E-state index < -0.39 is 11.0 Å². The van der Waals surface area contributed by atoms with Crippen LogP contribution in [-0.4, -0.2) is 27.1 Å². The molecule has 1 amide bonds. The number of fused-ring (bicyclic) bond motifs is 1. The van der Waals surface area contributed by atoms with Gasteiger partial charge in [0.1, 0.15) is 0 Å². The van der Waals surface area contributed by atoms with E-state index in [2.05, 4.69) is 15.5 Å². The minimum absolute atomic E-state index is 0.0189. The number of benzene rings is 1. The first-order valence-electron chi connectivity index (χ1n) is 6.09. The lowest BCUT2D eigenvalue weighted by atomic mass is 10.1. The second-order valence-electron chi connectivity index (χ2n) is 4.82. The van der Waals surface area contributed by atoms with Gasteiger partial charge in [0, 0.05) is 12.1 Å². The van der Waals surface area contributed by atoms with Gasteiger partial charge in [0.2, 0.25) is 5.91 Å². The third kappa shape index (κ3) is 2.59. The summed E-state index contributed by atoms with van der Waals surface area (Å²) in [6.45, 7) is 3.66. The normalized spacial score (nSPS) is 12.6. The molecule has 0 aliphatic heterocycles. The van der Waals surface area contributed by atoms with Crippen LogP contribution >= 0.6 is 0 Å². The molecule has 106 valence electrons. The molecule has 1 aromatic carbocycles. The summed E-state index contributed by atoms with van der Waals surface area (Å²) in [5, 5.41) is 20.5. The Hall–Kier alpha value is -2.48. The molecular formula is C12H15N5O3. The van der Waals surface area contributed by atoms with Gasteiger partial charge < -0.3 is 11.1 Å². The van der Waals surface area contributed by atoms with Crippen LogP contribution in [0.3, 0.4) is 0 Å². The molecule has 0 saturated carbocycles. The molecule has 0 aliphatic rings. The number of carbonyl (C=O) groups is 1. The van der Waals surface area contributed by atoms with Crippen molar-refractivity contribution in [3.63, 3.8) is 0 Å². The molecule has 1 atom stereocenters. The molecule has 2 rings (SSSR count). The van der Waals surface area contributed by atoms with E-state index in [9.17, 15) is 14.9 Å². The Balaban J connectivity index is 2.33. The standard InChI is InChI=1S/C12H15N5O3/c1-6(2)10(13)12(18)14-11-8-5-7(17(19)20)3-4-9(8)15-16-11/h3-6,10H,13H2,1-2H3,(H2,14,15,16,18)/t10-/m0/s1. The van der Waals surface area contributed by atoms with E-state index in [4.69, 9.17) is 5.73 Å². The van der Waals surface area contributed by atoms with Crippen LogP contribution in [0.5, 0.6) is 0 Å². The van der Waals surface area contributed by atoms with E-state index in [1.165, 1.54) is 12.1 Å². The number of carbonyl (C=O) groups excluding carboxylic acids is 1. The number of aromatic nitrogens is 2. The number of rotatable bonds is 4. The summed E-state index contributed by atoms with van der Waals surface area (Å²) in [6.07, 6.45) is 0. The van der Waals surface area contributed by atoms with Gasteiger partial charge >= 0.3 is 0 Å². The SMILES string of the molecule is CC(C)[C@H](N)C(=O)Nc1n[nH]c2ccc([N+](=O)[O-])cc12. The highest BCUT2D eigenvalue weighted by atomic mass is 16.6. The Morgan fingerprint density at radius 2 is 2.20 bits per heavy atom. The number of H-pyrrole nitrogens is 1. The zero-order valence-electron chi connectivity index (χ0n) is 11.1. The Morgan fingerprint density at radius 3 is 2.80 bits per heavy atom. The summed E-state index contributed by atoms with van der Waals surface area (Å²) in [5.41, 5.74) is 6.27. The molecule has 0 spiro atoms. The second-order valence-corrected chi connectivity index (χ2v) is 4.82. The topological polar surface area (TPSA) is 127 Å². The molecule has 0 unspecified atom stereocenters. The summed E-state index contributed by atoms with van der Waals surface area (Å²) >= 11 is 0. The number of anilines is 1. The van der Waals surface area contributed by atoms with Gasteiger partial charge in [-0.15, -0.1) is 0 Å². The number of hydrogen-bond acceptors (Lipinski definition) is 5. The number of nitrogens with zero attached hydrogens (tertiary/aromatic N) is 2.